The summed E-state index contributed by atoms with van der Waals surface area (Å²) in [6.07, 6.45) is 0.966. The van der Waals surface area contributed by atoms with Gasteiger partial charge in [-0.15, -0.1) is 0 Å². The molecule has 0 spiro atoms. The molecule has 0 saturated heterocycles. The monoisotopic (exact) mass is 367 g/mol. The second-order valence-electron chi connectivity index (χ2n) is 8.17. The van der Waals surface area contributed by atoms with Gasteiger partial charge in [-0.05, 0) is 48.4 Å². The van der Waals surface area contributed by atoms with Crippen LogP contribution >= 0.6 is 0 Å². The molecule has 0 fully saturated rings. The molecule has 0 bridgehead atoms. The Balaban J connectivity index is 2.05. The average molecular weight is 368 g/mol. The van der Waals surface area contributed by atoms with Crippen molar-refractivity contribution in [3.8, 4) is 5.75 Å². The molecule has 27 heavy (non-hydrogen) atoms. The Labute approximate surface area is 164 Å². The maximum absolute atomic E-state index is 12.8. The van der Waals surface area contributed by atoms with E-state index in [2.05, 4.69) is 76.3 Å². The van der Waals surface area contributed by atoms with Crippen molar-refractivity contribution in [3.05, 3.63) is 65.2 Å². The molecule has 0 heterocycles. The first kappa shape index (κ1) is 21.0. The number of ether oxygens (including phenoxy) is 1. The second-order valence-corrected chi connectivity index (χ2v) is 8.17. The van der Waals surface area contributed by atoms with Crippen LogP contribution in [0, 0.1) is 6.92 Å². The van der Waals surface area contributed by atoms with Gasteiger partial charge >= 0.3 is 0 Å². The summed E-state index contributed by atoms with van der Waals surface area (Å²) in [4.78, 5) is 12.8. The lowest BCUT2D eigenvalue weighted by molar-refractivity contribution is -0.128. The third-order valence-corrected chi connectivity index (χ3v) is 4.87. The number of nitrogens with one attached hydrogen (secondary N) is 1. The minimum atomic E-state index is -0.495. The number of rotatable bonds is 7. The zero-order valence-electron chi connectivity index (χ0n) is 17.5. The van der Waals surface area contributed by atoms with Crippen LogP contribution in [0.4, 0.5) is 0 Å². The standard InChI is InChI=1S/C24H33NO2/c1-7-21(18-11-9-17(3)10-12-18)25-23(26)22(8-2)27-20-15-13-19(14-16-20)24(4,5)6/h9-16,21-22H,7-8H2,1-6H3,(H,25,26)/t21-,22-/m1/s1. The Hall–Kier alpha value is -2.29. The topological polar surface area (TPSA) is 38.3 Å². The van der Waals surface area contributed by atoms with E-state index in [9.17, 15) is 4.79 Å². The molecule has 0 aliphatic rings. The van der Waals surface area contributed by atoms with Crippen LogP contribution < -0.4 is 10.1 Å². The first-order valence-electron chi connectivity index (χ1n) is 9.88. The Bertz CT molecular complexity index is 726. The van der Waals surface area contributed by atoms with Gasteiger partial charge in [-0.3, -0.25) is 4.79 Å². The molecule has 0 saturated carbocycles. The SMILES string of the molecule is CC[C@@H](Oc1ccc(C(C)(C)C)cc1)C(=O)N[C@H](CC)c1ccc(C)cc1. The number of carbonyl (C=O) groups is 1. The van der Waals surface area contributed by atoms with Crippen molar-refractivity contribution < 1.29 is 9.53 Å². The van der Waals surface area contributed by atoms with E-state index < -0.39 is 6.10 Å². The molecule has 0 aromatic heterocycles. The van der Waals surface area contributed by atoms with Crippen molar-refractivity contribution in [2.45, 2.75) is 71.9 Å². The fourth-order valence-electron chi connectivity index (χ4n) is 3.00. The van der Waals surface area contributed by atoms with Crippen LogP contribution in [0.3, 0.4) is 0 Å². The van der Waals surface area contributed by atoms with Gasteiger partial charge in [-0.25, -0.2) is 0 Å². The number of aryl methyl sites for hydroxylation is 1. The smallest absolute Gasteiger partial charge is 0.261 e. The van der Waals surface area contributed by atoms with Gasteiger partial charge in [-0.2, -0.15) is 0 Å². The first-order chi connectivity index (χ1) is 12.7. The highest BCUT2D eigenvalue weighted by Gasteiger charge is 2.22. The van der Waals surface area contributed by atoms with E-state index in [-0.39, 0.29) is 17.4 Å². The minimum absolute atomic E-state index is 0.000911. The Kier molecular flexibility index (Phi) is 7.06. The van der Waals surface area contributed by atoms with Crippen LogP contribution in [0.15, 0.2) is 48.5 Å². The molecule has 0 unspecified atom stereocenters. The van der Waals surface area contributed by atoms with Gasteiger partial charge in [-0.1, -0.05) is 76.6 Å². The van der Waals surface area contributed by atoms with Gasteiger partial charge in [0.15, 0.2) is 6.10 Å². The highest BCUT2D eigenvalue weighted by atomic mass is 16.5. The maximum atomic E-state index is 12.8. The predicted octanol–water partition coefficient (Wildman–Crippen LogP) is 5.72. The molecule has 3 nitrogen and oxygen atoms in total. The lowest BCUT2D eigenvalue weighted by Gasteiger charge is -2.23. The van der Waals surface area contributed by atoms with Crippen LogP contribution in [0.2, 0.25) is 0 Å². The summed E-state index contributed by atoms with van der Waals surface area (Å²) in [7, 11) is 0. The molecular weight excluding hydrogens is 334 g/mol. The summed E-state index contributed by atoms with van der Waals surface area (Å²) < 4.78 is 5.98. The van der Waals surface area contributed by atoms with Crippen molar-refractivity contribution in [1.29, 1.82) is 0 Å². The van der Waals surface area contributed by atoms with Gasteiger partial charge in [0.25, 0.3) is 5.91 Å². The lowest BCUT2D eigenvalue weighted by atomic mass is 9.87. The summed E-state index contributed by atoms with van der Waals surface area (Å²) >= 11 is 0. The average Bonchev–Trinajstić information content (AvgIpc) is 2.64. The van der Waals surface area contributed by atoms with E-state index >= 15 is 0 Å². The van der Waals surface area contributed by atoms with Crippen LogP contribution in [0.25, 0.3) is 0 Å². The van der Waals surface area contributed by atoms with Crippen LogP contribution in [-0.4, -0.2) is 12.0 Å². The van der Waals surface area contributed by atoms with Gasteiger partial charge in [0.2, 0.25) is 0 Å². The fourth-order valence-corrected chi connectivity index (χ4v) is 3.00. The molecule has 2 aromatic carbocycles. The third kappa shape index (κ3) is 5.85. The fraction of sp³-hybridized carbons (Fsp3) is 0.458. The molecule has 2 aromatic rings. The van der Waals surface area contributed by atoms with Crippen molar-refractivity contribution >= 4 is 5.91 Å². The third-order valence-electron chi connectivity index (χ3n) is 4.87. The molecule has 0 aliphatic carbocycles. The minimum Gasteiger partial charge on any atom is -0.481 e. The van der Waals surface area contributed by atoms with E-state index in [1.807, 2.05) is 19.1 Å². The van der Waals surface area contributed by atoms with E-state index in [0.29, 0.717) is 6.42 Å². The molecule has 0 aliphatic heterocycles. The number of benzene rings is 2. The van der Waals surface area contributed by atoms with E-state index in [4.69, 9.17) is 4.74 Å². The molecule has 146 valence electrons. The Morgan fingerprint density at radius 2 is 1.56 bits per heavy atom. The Morgan fingerprint density at radius 3 is 2.04 bits per heavy atom. The molecule has 2 rings (SSSR count). The highest BCUT2D eigenvalue weighted by molar-refractivity contribution is 5.81. The summed E-state index contributed by atoms with van der Waals surface area (Å²) in [5, 5.41) is 3.15. The number of carbonyl (C=O) groups excluding carboxylic acids is 1. The molecular formula is C24H33NO2. The van der Waals surface area contributed by atoms with Crippen molar-refractivity contribution in [3.63, 3.8) is 0 Å². The van der Waals surface area contributed by atoms with Crippen molar-refractivity contribution in [1.82, 2.24) is 5.32 Å². The quantitative estimate of drug-likeness (QED) is 0.680. The van der Waals surface area contributed by atoms with Gasteiger partial charge in [0.1, 0.15) is 5.75 Å². The van der Waals surface area contributed by atoms with Crippen LogP contribution in [0.1, 0.15) is 70.2 Å². The zero-order valence-corrected chi connectivity index (χ0v) is 17.5. The Morgan fingerprint density at radius 1 is 0.963 bits per heavy atom. The van der Waals surface area contributed by atoms with Crippen molar-refractivity contribution in [2.75, 3.05) is 0 Å². The molecule has 1 N–H and O–H groups in total. The largest absolute Gasteiger partial charge is 0.481 e. The van der Waals surface area contributed by atoms with Crippen LogP contribution in [-0.2, 0) is 10.2 Å². The van der Waals surface area contributed by atoms with Crippen molar-refractivity contribution in [2.24, 2.45) is 0 Å². The number of hydrogen-bond acceptors (Lipinski definition) is 2. The molecule has 1 amide bonds. The van der Waals surface area contributed by atoms with Gasteiger partial charge in [0.05, 0.1) is 6.04 Å². The van der Waals surface area contributed by atoms with E-state index in [1.54, 1.807) is 0 Å². The summed E-state index contributed by atoms with van der Waals surface area (Å²) in [5.74, 6) is 0.665. The number of amides is 1. The predicted molar refractivity (Wildman–Crippen MR) is 112 cm³/mol. The van der Waals surface area contributed by atoms with E-state index in [0.717, 1.165) is 17.7 Å². The normalized spacial score (nSPS) is 13.7. The zero-order chi connectivity index (χ0) is 20.0. The van der Waals surface area contributed by atoms with E-state index in [1.165, 1.54) is 11.1 Å². The first-order valence-corrected chi connectivity index (χ1v) is 9.88. The van der Waals surface area contributed by atoms with Crippen LogP contribution in [0.5, 0.6) is 5.75 Å². The number of hydrogen-bond donors (Lipinski definition) is 1. The molecule has 0 radical (unpaired) electrons. The lowest BCUT2D eigenvalue weighted by Crippen LogP contribution is -2.39. The van der Waals surface area contributed by atoms with Gasteiger partial charge in [0, 0.05) is 0 Å². The summed E-state index contributed by atoms with van der Waals surface area (Å²) in [6.45, 7) is 12.7. The second kappa shape index (κ2) is 9.07. The highest BCUT2D eigenvalue weighted by Crippen LogP contribution is 2.25. The van der Waals surface area contributed by atoms with Gasteiger partial charge < -0.3 is 10.1 Å². The maximum Gasteiger partial charge on any atom is 0.261 e. The molecule has 2 atom stereocenters. The summed E-state index contributed by atoms with van der Waals surface area (Å²) in [6, 6.07) is 16.4. The summed E-state index contributed by atoms with van der Waals surface area (Å²) in [5.41, 5.74) is 3.69. The molecule has 3 heteroatoms.